The van der Waals surface area contributed by atoms with Gasteiger partial charge >= 0.3 is 5.97 Å². The van der Waals surface area contributed by atoms with Crippen LogP contribution in [0.2, 0.25) is 0 Å². The highest BCUT2D eigenvalue weighted by Crippen LogP contribution is 2.14. The topological polar surface area (TPSA) is 44.1 Å². The van der Waals surface area contributed by atoms with E-state index in [1.165, 1.54) is 0 Å². The van der Waals surface area contributed by atoms with Gasteiger partial charge in [-0.3, -0.25) is 9.48 Å². The van der Waals surface area contributed by atoms with Crippen LogP contribution in [0.3, 0.4) is 0 Å². The van der Waals surface area contributed by atoms with Crippen LogP contribution in [-0.2, 0) is 16.6 Å². The third kappa shape index (κ3) is 2.69. The minimum Gasteiger partial charge on any atom is -0.465 e. The van der Waals surface area contributed by atoms with Crippen LogP contribution in [0.1, 0.15) is 18.9 Å². The van der Waals surface area contributed by atoms with Crippen molar-refractivity contribution in [3.05, 3.63) is 30.0 Å². The molecule has 1 aromatic carbocycles. The van der Waals surface area contributed by atoms with Crippen molar-refractivity contribution >= 4 is 16.9 Å². The van der Waals surface area contributed by atoms with Crippen LogP contribution in [0.5, 0.6) is 0 Å². The average Bonchev–Trinajstić information content (AvgIpc) is 2.71. The molecule has 0 saturated heterocycles. The first-order valence-corrected chi connectivity index (χ1v) is 5.77. The van der Waals surface area contributed by atoms with Crippen LogP contribution < -0.4 is 0 Å². The highest BCUT2D eigenvalue weighted by atomic mass is 16.5. The fourth-order valence-electron chi connectivity index (χ4n) is 1.65. The molecule has 1 heterocycles. The average molecular weight is 242 g/mol. The lowest BCUT2D eigenvalue weighted by atomic mass is 10.1. The molecule has 92 valence electrons. The molecule has 4 heteroatoms. The van der Waals surface area contributed by atoms with Crippen molar-refractivity contribution in [3.63, 3.8) is 0 Å². The van der Waals surface area contributed by atoms with E-state index in [1.807, 2.05) is 31.4 Å². The number of aryl methyl sites for hydroxylation is 1. The molecular weight excluding hydrogens is 228 g/mol. The number of hydrogen-bond donors (Lipinski definition) is 0. The van der Waals surface area contributed by atoms with Crippen molar-refractivity contribution in [1.82, 2.24) is 9.78 Å². The van der Waals surface area contributed by atoms with Crippen LogP contribution in [0.4, 0.5) is 0 Å². The van der Waals surface area contributed by atoms with E-state index in [1.54, 1.807) is 11.6 Å². The Labute approximate surface area is 106 Å². The summed E-state index contributed by atoms with van der Waals surface area (Å²) in [4.78, 5) is 11.1. The molecule has 0 N–H and O–H groups in total. The normalized spacial score (nSPS) is 9.89. The highest BCUT2D eigenvalue weighted by molar-refractivity contribution is 5.80. The molecule has 0 bridgehead atoms. The van der Waals surface area contributed by atoms with Crippen LogP contribution in [0.15, 0.2) is 24.4 Å². The number of hydrogen-bond acceptors (Lipinski definition) is 3. The van der Waals surface area contributed by atoms with E-state index >= 15 is 0 Å². The Kier molecular flexibility index (Phi) is 3.63. The molecule has 0 atom stereocenters. The van der Waals surface area contributed by atoms with E-state index in [0.717, 1.165) is 16.5 Å². The van der Waals surface area contributed by atoms with Crippen molar-refractivity contribution in [2.75, 3.05) is 6.61 Å². The van der Waals surface area contributed by atoms with E-state index in [0.29, 0.717) is 6.61 Å². The summed E-state index contributed by atoms with van der Waals surface area (Å²) in [5.74, 6) is 5.47. The second-order valence-corrected chi connectivity index (χ2v) is 3.83. The predicted octanol–water partition coefficient (Wildman–Crippen LogP) is 1.88. The molecule has 1 aromatic heterocycles. The Hall–Kier alpha value is -2.28. The predicted molar refractivity (Wildman–Crippen MR) is 68.8 cm³/mol. The minimum atomic E-state index is -0.286. The molecule has 0 aliphatic heterocycles. The molecule has 0 radical (unpaired) electrons. The SMILES string of the molecule is CCOC(=O)CC#Cc1ccc2cnn(C)c2c1. The molecule has 4 nitrogen and oxygen atoms in total. The third-order valence-corrected chi connectivity index (χ3v) is 2.52. The van der Waals surface area contributed by atoms with Gasteiger partial charge < -0.3 is 4.74 Å². The smallest absolute Gasteiger partial charge is 0.317 e. The lowest BCUT2D eigenvalue weighted by molar-refractivity contribution is -0.141. The number of fused-ring (bicyclic) bond motifs is 1. The zero-order valence-corrected chi connectivity index (χ0v) is 10.4. The third-order valence-electron chi connectivity index (χ3n) is 2.52. The fourth-order valence-corrected chi connectivity index (χ4v) is 1.65. The monoisotopic (exact) mass is 242 g/mol. The Morgan fingerprint density at radius 1 is 1.50 bits per heavy atom. The summed E-state index contributed by atoms with van der Waals surface area (Å²) in [6.45, 7) is 2.17. The molecule has 0 unspecified atom stereocenters. The van der Waals surface area contributed by atoms with Gasteiger partial charge in [-0.25, -0.2) is 0 Å². The van der Waals surface area contributed by atoms with Crippen LogP contribution in [0.25, 0.3) is 10.9 Å². The number of carbonyl (C=O) groups is 1. The summed E-state index contributed by atoms with van der Waals surface area (Å²) in [5, 5.41) is 5.24. The van der Waals surface area contributed by atoms with Crippen LogP contribution in [-0.4, -0.2) is 22.4 Å². The van der Waals surface area contributed by atoms with Gasteiger partial charge in [-0.05, 0) is 25.1 Å². The molecular formula is C14H14N2O2. The molecule has 0 saturated carbocycles. The molecule has 2 rings (SSSR count). The molecule has 0 amide bonds. The largest absolute Gasteiger partial charge is 0.465 e. The van der Waals surface area contributed by atoms with Crippen LogP contribution in [0, 0.1) is 11.8 Å². The van der Waals surface area contributed by atoms with E-state index in [2.05, 4.69) is 16.9 Å². The number of esters is 1. The van der Waals surface area contributed by atoms with Gasteiger partial charge in [0.25, 0.3) is 0 Å². The van der Waals surface area contributed by atoms with Crippen molar-refractivity contribution < 1.29 is 9.53 Å². The van der Waals surface area contributed by atoms with Crippen molar-refractivity contribution in [2.45, 2.75) is 13.3 Å². The highest BCUT2D eigenvalue weighted by Gasteiger charge is 1.99. The second kappa shape index (κ2) is 5.37. The number of rotatable bonds is 2. The summed E-state index contributed by atoms with van der Waals surface area (Å²) in [6.07, 6.45) is 1.93. The van der Waals surface area contributed by atoms with Gasteiger partial charge in [0.1, 0.15) is 6.42 Å². The quantitative estimate of drug-likeness (QED) is 0.596. The lowest BCUT2D eigenvalue weighted by Crippen LogP contribution is -2.01. The lowest BCUT2D eigenvalue weighted by Gasteiger charge is -1.96. The number of ether oxygens (including phenoxy) is 1. The van der Waals surface area contributed by atoms with Crippen molar-refractivity contribution in [1.29, 1.82) is 0 Å². The van der Waals surface area contributed by atoms with Gasteiger partial charge in [0.2, 0.25) is 0 Å². The first-order chi connectivity index (χ1) is 8.70. The first-order valence-electron chi connectivity index (χ1n) is 5.77. The summed E-state index contributed by atoms with van der Waals surface area (Å²) in [7, 11) is 1.89. The molecule has 0 spiro atoms. The maximum absolute atomic E-state index is 11.1. The maximum atomic E-state index is 11.1. The van der Waals surface area contributed by atoms with Crippen LogP contribution >= 0.6 is 0 Å². The summed E-state index contributed by atoms with van der Waals surface area (Å²) < 4.78 is 6.60. The molecule has 2 aromatic rings. The zero-order valence-electron chi connectivity index (χ0n) is 10.4. The van der Waals surface area contributed by atoms with Gasteiger partial charge in [-0.15, -0.1) is 0 Å². The minimum absolute atomic E-state index is 0.122. The number of aromatic nitrogens is 2. The molecule has 18 heavy (non-hydrogen) atoms. The maximum Gasteiger partial charge on any atom is 0.317 e. The summed E-state index contributed by atoms with van der Waals surface area (Å²) in [6, 6.07) is 5.85. The molecule has 0 fully saturated rings. The standard InChI is InChI=1S/C14H14N2O2/c1-3-18-14(17)6-4-5-11-7-8-12-10-15-16(2)13(12)9-11/h7-10H,3,6H2,1-2H3. The fraction of sp³-hybridized carbons (Fsp3) is 0.286. The number of benzene rings is 1. The second-order valence-electron chi connectivity index (χ2n) is 3.83. The summed E-state index contributed by atoms with van der Waals surface area (Å²) in [5.41, 5.74) is 1.90. The van der Waals surface area contributed by atoms with Gasteiger partial charge in [0.15, 0.2) is 0 Å². The van der Waals surface area contributed by atoms with E-state index in [9.17, 15) is 4.79 Å². The first kappa shape index (κ1) is 12.2. The van der Waals surface area contributed by atoms with Gasteiger partial charge in [0.05, 0.1) is 18.3 Å². The summed E-state index contributed by atoms with van der Waals surface area (Å²) >= 11 is 0. The zero-order chi connectivity index (χ0) is 13.0. The van der Waals surface area contributed by atoms with Crippen molar-refractivity contribution in [2.24, 2.45) is 7.05 Å². The molecule has 0 aliphatic rings. The molecule has 0 aliphatic carbocycles. The number of nitrogens with zero attached hydrogens (tertiary/aromatic N) is 2. The number of carbonyl (C=O) groups excluding carboxylic acids is 1. The van der Waals surface area contributed by atoms with Gasteiger partial charge in [-0.1, -0.05) is 11.8 Å². The van der Waals surface area contributed by atoms with E-state index < -0.39 is 0 Å². The van der Waals surface area contributed by atoms with E-state index in [4.69, 9.17) is 4.74 Å². The Morgan fingerprint density at radius 3 is 3.11 bits per heavy atom. The Bertz CT molecular complexity index is 632. The Balaban J connectivity index is 2.14. The van der Waals surface area contributed by atoms with E-state index in [-0.39, 0.29) is 12.4 Å². The van der Waals surface area contributed by atoms with Gasteiger partial charge in [-0.2, -0.15) is 5.10 Å². The Morgan fingerprint density at radius 2 is 2.33 bits per heavy atom. The van der Waals surface area contributed by atoms with Crippen molar-refractivity contribution in [3.8, 4) is 11.8 Å². The van der Waals surface area contributed by atoms with Gasteiger partial charge in [0, 0.05) is 18.0 Å².